The topological polar surface area (TPSA) is 20.2 Å². The predicted octanol–water partition coefficient (Wildman–Crippen LogP) is 4.60. The normalized spacial score (nSPS) is 12.9. The maximum absolute atomic E-state index is 10.1. The fourth-order valence-electron chi connectivity index (χ4n) is 2.80. The van der Waals surface area contributed by atoms with Crippen molar-refractivity contribution in [3.63, 3.8) is 0 Å². The quantitative estimate of drug-likeness (QED) is 0.695. The molecule has 1 heteroatoms. The highest BCUT2D eigenvalue weighted by atomic mass is 16.3. The van der Waals surface area contributed by atoms with E-state index < -0.39 is 0 Å². The summed E-state index contributed by atoms with van der Waals surface area (Å²) in [6.45, 7) is 17.4. The van der Waals surface area contributed by atoms with Crippen molar-refractivity contribution in [2.45, 2.75) is 66.2 Å². The van der Waals surface area contributed by atoms with Crippen molar-refractivity contribution in [1.29, 1.82) is 0 Å². The van der Waals surface area contributed by atoms with Crippen LogP contribution in [0, 0.1) is 13.8 Å². The minimum atomic E-state index is 0.0624. The second-order valence-corrected chi connectivity index (χ2v) is 7.07. The lowest BCUT2D eigenvalue weighted by Gasteiger charge is -2.30. The first-order chi connectivity index (χ1) is 7.46. The van der Waals surface area contributed by atoms with E-state index in [1.54, 1.807) is 0 Å². The Labute approximate surface area is 106 Å². The van der Waals surface area contributed by atoms with Gasteiger partial charge in [0.25, 0.3) is 0 Å². The van der Waals surface area contributed by atoms with Gasteiger partial charge in [-0.25, -0.2) is 0 Å². The Bertz CT molecular complexity index is 428. The van der Waals surface area contributed by atoms with E-state index in [1.807, 2.05) is 13.0 Å². The third-order valence-corrected chi connectivity index (χ3v) is 3.38. The summed E-state index contributed by atoms with van der Waals surface area (Å²) in [6.07, 6.45) is 0. The van der Waals surface area contributed by atoms with E-state index in [0.717, 1.165) is 5.56 Å². The van der Waals surface area contributed by atoms with Crippen LogP contribution in [0.2, 0.25) is 0 Å². The summed E-state index contributed by atoms with van der Waals surface area (Å²) >= 11 is 0. The van der Waals surface area contributed by atoms with Gasteiger partial charge in [-0.15, -0.1) is 0 Å². The van der Waals surface area contributed by atoms with Gasteiger partial charge in [0, 0.05) is 0 Å². The van der Waals surface area contributed by atoms with Crippen molar-refractivity contribution in [3.8, 4) is 5.75 Å². The van der Waals surface area contributed by atoms with Crippen LogP contribution in [0.1, 0.15) is 63.8 Å². The van der Waals surface area contributed by atoms with Crippen LogP contribution in [-0.4, -0.2) is 5.11 Å². The average molecular weight is 234 g/mol. The largest absolute Gasteiger partial charge is 0.508 e. The molecular formula is C16H26O. The number of hydrogen-bond donors (Lipinski definition) is 1. The van der Waals surface area contributed by atoms with Crippen molar-refractivity contribution >= 4 is 0 Å². The van der Waals surface area contributed by atoms with Crippen molar-refractivity contribution in [2.24, 2.45) is 0 Å². The first-order valence-corrected chi connectivity index (χ1v) is 6.30. The number of phenols is 1. The molecule has 0 fully saturated rings. The van der Waals surface area contributed by atoms with Crippen LogP contribution >= 0.6 is 0 Å². The SMILES string of the molecule is Cc1c(O)cc(C(C)(C)C)c(C)c1C(C)(C)C. The summed E-state index contributed by atoms with van der Waals surface area (Å²) < 4.78 is 0. The van der Waals surface area contributed by atoms with Gasteiger partial charge in [-0.1, -0.05) is 41.5 Å². The van der Waals surface area contributed by atoms with E-state index in [0.29, 0.717) is 5.75 Å². The molecule has 1 aromatic carbocycles. The van der Waals surface area contributed by atoms with E-state index in [1.165, 1.54) is 16.7 Å². The summed E-state index contributed by atoms with van der Waals surface area (Å²) in [7, 11) is 0. The zero-order chi connectivity index (χ0) is 13.6. The van der Waals surface area contributed by atoms with Crippen LogP contribution in [0.5, 0.6) is 5.75 Å². The molecule has 1 aromatic rings. The van der Waals surface area contributed by atoms with Crippen LogP contribution in [0.4, 0.5) is 0 Å². The molecule has 17 heavy (non-hydrogen) atoms. The molecule has 0 bridgehead atoms. The molecule has 0 atom stereocenters. The Balaban J connectivity index is 3.67. The van der Waals surface area contributed by atoms with Crippen molar-refractivity contribution in [3.05, 3.63) is 28.3 Å². The van der Waals surface area contributed by atoms with Gasteiger partial charge >= 0.3 is 0 Å². The van der Waals surface area contributed by atoms with E-state index in [9.17, 15) is 5.11 Å². The Kier molecular flexibility index (Phi) is 3.35. The maximum Gasteiger partial charge on any atom is 0.119 e. The highest BCUT2D eigenvalue weighted by molar-refractivity contribution is 5.52. The summed E-state index contributed by atoms with van der Waals surface area (Å²) in [4.78, 5) is 0. The lowest BCUT2D eigenvalue weighted by Crippen LogP contribution is -2.20. The van der Waals surface area contributed by atoms with Gasteiger partial charge in [0.1, 0.15) is 5.75 Å². The number of hydrogen-bond acceptors (Lipinski definition) is 1. The summed E-state index contributed by atoms with van der Waals surface area (Å²) in [5.74, 6) is 0.422. The van der Waals surface area contributed by atoms with E-state index >= 15 is 0 Å². The Hall–Kier alpha value is -0.980. The third kappa shape index (κ3) is 2.65. The van der Waals surface area contributed by atoms with Gasteiger partial charge in [-0.3, -0.25) is 0 Å². The highest BCUT2D eigenvalue weighted by Gasteiger charge is 2.26. The van der Waals surface area contributed by atoms with Crippen LogP contribution in [0.25, 0.3) is 0 Å². The lowest BCUT2D eigenvalue weighted by atomic mass is 9.74. The zero-order valence-corrected chi connectivity index (χ0v) is 12.5. The van der Waals surface area contributed by atoms with Gasteiger partial charge in [-0.05, 0) is 53.0 Å². The van der Waals surface area contributed by atoms with E-state index in [4.69, 9.17) is 0 Å². The fraction of sp³-hybridized carbons (Fsp3) is 0.625. The van der Waals surface area contributed by atoms with Gasteiger partial charge in [0.15, 0.2) is 0 Å². The molecule has 0 aliphatic carbocycles. The minimum absolute atomic E-state index is 0.0624. The van der Waals surface area contributed by atoms with Crippen molar-refractivity contribution in [2.75, 3.05) is 0 Å². The lowest BCUT2D eigenvalue weighted by molar-refractivity contribution is 0.459. The van der Waals surface area contributed by atoms with Crippen molar-refractivity contribution < 1.29 is 5.11 Å². The molecule has 0 unspecified atom stereocenters. The number of benzene rings is 1. The second kappa shape index (κ2) is 4.04. The highest BCUT2D eigenvalue weighted by Crippen LogP contribution is 2.39. The maximum atomic E-state index is 10.1. The van der Waals surface area contributed by atoms with Gasteiger partial charge in [0.05, 0.1) is 0 Å². The molecule has 96 valence electrons. The summed E-state index contributed by atoms with van der Waals surface area (Å²) in [5, 5.41) is 10.1. The summed E-state index contributed by atoms with van der Waals surface area (Å²) in [5.41, 5.74) is 4.98. The first kappa shape index (κ1) is 14.1. The predicted molar refractivity (Wildman–Crippen MR) is 75.0 cm³/mol. The summed E-state index contributed by atoms with van der Waals surface area (Å²) in [6, 6.07) is 1.93. The fourth-order valence-corrected chi connectivity index (χ4v) is 2.80. The van der Waals surface area contributed by atoms with Crippen LogP contribution in [0.3, 0.4) is 0 Å². The number of phenolic OH excluding ortho intramolecular Hbond substituents is 1. The third-order valence-electron chi connectivity index (χ3n) is 3.38. The Morgan fingerprint density at radius 2 is 1.29 bits per heavy atom. The smallest absolute Gasteiger partial charge is 0.119 e. The molecule has 1 N–H and O–H groups in total. The molecule has 0 aliphatic heterocycles. The van der Waals surface area contributed by atoms with Crippen LogP contribution < -0.4 is 0 Å². The molecule has 0 aromatic heterocycles. The molecule has 0 saturated heterocycles. The van der Waals surface area contributed by atoms with Crippen LogP contribution in [-0.2, 0) is 10.8 Å². The monoisotopic (exact) mass is 234 g/mol. The average Bonchev–Trinajstić information content (AvgIpc) is 2.07. The molecule has 0 spiro atoms. The second-order valence-electron chi connectivity index (χ2n) is 7.07. The van der Waals surface area contributed by atoms with E-state index in [-0.39, 0.29) is 10.8 Å². The molecule has 1 nitrogen and oxygen atoms in total. The molecule has 0 amide bonds. The zero-order valence-electron chi connectivity index (χ0n) is 12.5. The molecule has 0 radical (unpaired) electrons. The standard InChI is InChI=1S/C16H26O/c1-10-12(15(3,4)5)9-13(17)11(2)14(10)16(6,7)8/h9,17H,1-8H3. The first-order valence-electron chi connectivity index (χ1n) is 6.30. The molecule has 1 rings (SSSR count). The van der Waals surface area contributed by atoms with Crippen molar-refractivity contribution in [1.82, 2.24) is 0 Å². The van der Waals surface area contributed by atoms with Gasteiger partial charge in [0.2, 0.25) is 0 Å². The van der Waals surface area contributed by atoms with Gasteiger partial charge < -0.3 is 5.11 Å². The molecular weight excluding hydrogens is 208 g/mol. The minimum Gasteiger partial charge on any atom is -0.508 e. The molecule has 0 heterocycles. The van der Waals surface area contributed by atoms with E-state index in [2.05, 4.69) is 48.5 Å². The molecule has 0 aliphatic rings. The van der Waals surface area contributed by atoms with Crippen LogP contribution in [0.15, 0.2) is 6.07 Å². The molecule has 0 saturated carbocycles. The number of rotatable bonds is 0. The Morgan fingerprint density at radius 3 is 1.65 bits per heavy atom. The van der Waals surface area contributed by atoms with Gasteiger partial charge in [-0.2, -0.15) is 0 Å². The number of aromatic hydroxyl groups is 1. The Morgan fingerprint density at radius 1 is 0.824 bits per heavy atom.